The maximum Gasteiger partial charge on any atom is 0.354 e. The van der Waals surface area contributed by atoms with E-state index < -0.39 is 17.2 Å². The predicted molar refractivity (Wildman–Crippen MR) is 126 cm³/mol. The molecule has 5 rings (SSSR count). The van der Waals surface area contributed by atoms with Gasteiger partial charge in [0.2, 0.25) is 0 Å². The van der Waals surface area contributed by atoms with Gasteiger partial charge in [0.25, 0.3) is 5.56 Å². The lowest BCUT2D eigenvalue weighted by Gasteiger charge is -2.10. The molecule has 2 aromatic carbocycles. The van der Waals surface area contributed by atoms with Crippen LogP contribution in [0.2, 0.25) is 0 Å². The summed E-state index contributed by atoms with van der Waals surface area (Å²) in [4.78, 5) is 41.4. The number of thiophene rings is 1. The highest BCUT2D eigenvalue weighted by Gasteiger charge is 2.26. The second-order valence-electron chi connectivity index (χ2n) is 7.86. The van der Waals surface area contributed by atoms with Crippen LogP contribution in [0.5, 0.6) is 0 Å². The maximum absolute atomic E-state index is 13.3. The quantitative estimate of drug-likeness (QED) is 0.436. The number of H-pyrrole nitrogens is 1. The first-order valence-corrected chi connectivity index (χ1v) is 10.9. The maximum atomic E-state index is 13.3. The summed E-state index contributed by atoms with van der Waals surface area (Å²) in [6.07, 6.45) is 0. The number of nitrogens with zero attached hydrogens (tertiary/aromatic N) is 2. The molecule has 0 saturated carbocycles. The number of rotatable bonds is 4. The van der Waals surface area contributed by atoms with Crippen LogP contribution in [0.3, 0.4) is 0 Å². The summed E-state index contributed by atoms with van der Waals surface area (Å²) in [5.41, 5.74) is 2.76. The first kappa shape index (κ1) is 20.0. The number of carboxylic acids is 1. The van der Waals surface area contributed by atoms with Crippen molar-refractivity contribution in [2.24, 2.45) is 0 Å². The van der Waals surface area contributed by atoms with Gasteiger partial charge in [-0.3, -0.25) is 4.79 Å². The number of carbonyl (C=O) groups is 1. The Morgan fingerprint density at radius 2 is 1.72 bits per heavy atom. The number of carboxylic acid groups (broad SMARTS) is 1. The number of hydrogen-bond acceptors (Lipinski definition) is 4. The van der Waals surface area contributed by atoms with Gasteiger partial charge < -0.3 is 14.7 Å². The fourth-order valence-electron chi connectivity index (χ4n) is 4.08. The number of benzene rings is 2. The third-order valence-corrected chi connectivity index (χ3v) is 6.36. The molecule has 160 valence electrons. The van der Waals surface area contributed by atoms with E-state index in [4.69, 9.17) is 0 Å². The molecule has 0 fully saturated rings. The Morgan fingerprint density at radius 1 is 1.00 bits per heavy atom. The molecule has 5 aromatic rings. The number of fused-ring (bicyclic) bond motifs is 2. The summed E-state index contributed by atoms with van der Waals surface area (Å²) in [5, 5.41) is 14.4. The van der Waals surface area contributed by atoms with Crippen molar-refractivity contribution in [2.45, 2.75) is 20.4 Å². The van der Waals surface area contributed by atoms with Crippen molar-refractivity contribution in [1.29, 1.82) is 0 Å². The van der Waals surface area contributed by atoms with Gasteiger partial charge >= 0.3 is 11.7 Å². The molecule has 0 atom stereocenters. The van der Waals surface area contributed by atoms with E-state index in [-0.39, 0.29) is 17.9 Å². The van der Waals surface area contributed by atoms with Gasteiger partial charge in [-0.2, -0.15) is 0 Å². The first-order valence-electron chi connectivity index (χ1n) is 9.98. The van der Waals surface area contributed by atoms with Crippen LogP contribution >= 0.6 is 11.3 Å². The number of aromatic nitrogens is 3. The van der Waals surface area contributed by atoms with E-state index in [0.29, 0.717) is 21.8 Å². The van der Waals surface area contributed by atoms with E-state index in [1.807, 2.05) is 56.3 Å². The van der Waals surface area contributed by atoms with E-state index in [2.05, 4.69) is 4.98 Å². The molecule has 3 heterocycles. The Balaban J connectivity index is 1.90. The van der Waals surface area contributed by atoms with Crippen LogP contribution in [0.1, 0.15) is 27.2 Å². The molecule has 0 amide bonds. The van der Waals surface area contributed by atoms with E-state index in [0.717, 1.165) is 21.3 Å². The van der Waals surface area contributed by atoms with Crippen LogP contribution in [0, 0.1) is 13.8 Å². The smallest absolute Gasteiger partial charge is 0.354 e. The summed E-state index contributed by atoms with van der Waals surface area (Å²) in [7, 11) is 0. The molecule has 0 aliphatic heterocycles. The van der Waals surface area contributed by atoms with Crippen LogP contribution in [0.4, 0.5) is 0 Å². The van der Waals surface area contributed by atoms with E-state index in [9.17, 15) is 19.5 Å². The first-order chi connectivity index (χ1) is 15.3. The Bertz CT molecular complexity index is 1630. The molecule has 2 N–H and O–H groups in total. The van der Waals surface area contributed by atoms with Gasteiger partial charge in [-0.05, 0) is 31.5 Å². The van der Waals surface area contributed by atoms with Crippen LogP contribution in [-0.4, -0.2) is 25.2 Å². The second kappa shape index (κ2) is 7.35. The highest BCUT2D eigenvalue weighted by molar-refractivity contribution is 7.09. The Morgan fingerprint density at radius 3 is 2.44 bits per heavy atom. The van der Waals surface area contributed by atoms with Crippen molar-refractivity contribution in [3.63, 3.8) is 0 Å². The topological polar surface area (TPSA) is 97.1 Å². The zero-order valence-corrected chi connectivity index (χ0v) is 18.2. The van der Waals surface area contributed by atoms with Gasteiger partial charge in [0.05, 0.1) is 22.1 Å². The number of aromatic amines is 1. The van der Waals surface area contributed by atoms with Gasteiger partial charge in [0, 0.05) is 22.7 Å². The molecule has 0 saturated heterocycles. The Hall–Kier alpha value is -3.91. The van der Waals surface area contributed by atoms with Crippen LogP contribution < -0.4 is 11.2 Å². The monoisotopic (exact) mass is 445 g/mol. The predicted octanol–water partition coefficient (Wildman–Crippen LogP) is 4.06. The number of nitrogens with one attached hydrogen (secondary N) is 1. The van der Waals surface area contributed by atoms with Gasteiger partial charge in [-0.1, -0.05) is 41.5 Å². The number of aryl methyl sites for hydroxylation is 2. The molecule has 0 aliphatic rings. The number of aromatic carboxylic acids is 1. The summed E-state index contributed by atoms with van der Waals surface area (Å²) in [6, 6.07) is 13.3. The molecule has 8 heteroatoms. The largest absolute Gasteiger partial charge is 0.477 e. The van der Waals surface area contributed by atoms with E-state index in [1.54, 1.807) is 15.3 Å². The van der Waals surface area contributed by atoms with Gasteiger partial charge in [0.15, 0.2) is 5.69 Å². The average Bonchev–Trinajstić information content (AvgIpc) is 3.33. The molecular formula is C24H19N3O4S. The summed E-state index contributed by atoms with van der Waals surface area (Å²) < 4.78 is 2.60. The minimum atomic E-state index is -1.21. The third kappa shape index (κ3) is 3.07. The normalized spacial score (nSPS) is 11.4. The highest BCUT2D eigenvalue weighted by atomic mass is 32.1. The molecule has 7 nitrogen and oxygen atoms in total. The van der Waals surface area contributed by atoms with Crippen molar-refractivity contribution in [3.8, 4) is 5.69 Å². The standard InChI is InChI=1S/C24H19N3O4S/c1-13-3-6-15(7-4-13)10-26-19-8-5-14(2)9-16(19)20(21(26)23(29)30)27-22(28)17-11-32-12-18(17)25-24(27)31/h3-9,11-12H,10H2,1-2H3,(H,25,31)(H,29,30). The zero-order chi connectivity index (χ0) is 22.6. The fraction of sp³-hybridized carbons (Fsp3) is 0.125. The van der Waals surface area contributed by atoms with Crippen molar-refractivity contribution in [3.05, 3.63) is 96.4 Å². The fourth-order valence-corrected chi connectivity index (χ4v) is 4.83. The minimum absolute atomic E-state index is 0.0858. The van der Waals surface area contributed by atoms with Gasteiger partial charge in [-0.15, -0.1) is 11.3 Å². The molecule has 0 unspecified atom stereocenters. The molecule has 0 radical (unpaired) electrons. The Kier molecular flexibility index (Phi) is 4.60. The van der Waals surface area contributed by atoms with Crippen LogP contribution in [0.15, 0.2) is 62.8 Å². The Labute approximate surface area is 185 Å². The van der Waals surface area contributed by atoms with Crippen molar-refractivity contribution in [2.75, 3.05) is 0 Å². The highest BCUT2D eigenvalue weighted by Crippen LogP contribution is 2.31. The molecule has 3 aromatic heterocycles. The lowest BCUT2D eigenvalue weighted by molar-refractivity contribution is 0.0686. The molecule has 0 bridgehead atoms. The lowest BCUT2D eigenvalue weighted by atomic mass is 10.1. The second-order valence-corrected chi connectivity index (χ2v) is 8.61. The zero-order valence-electron chi connectivity index (χ0n) is 17.4. The number of hydrogen-bond donors (Lipinski definition) is 2. The van der Waals surface area contributed by atoms with Gasteiger partial charge in [-0.25, -0.2) is 14.2 Å². The van der Waals surface area contributed by atoms with Crippen molar-refractivity contribution in [1.82, 2.24) is 14.1 Å². The molecule has 0 spiro atoms. The van der Waals surface area contributed by atoms with E-state index >= 15 is 0 Å². The SMILES string of the molecule is Cc1ccc(Cn2c(C(=O)O)c(-n3c(=O)[nH]c4cscc4c3=O)c3cc(C)ccc32)cc1. The minimum Gasteiger partial charge on any atom is -0.477 e. The van der Waals surface area contributed by atoms with E-state index in [1.165, 1.54) is 11.3 Å². The summed E-state index contributed by atoms with van der Waals surface area (Å²) in [5.74, 6) is -1.21. The van der Waals surface area contributed by atoms with Gasteiger partial charge in [0.1, 0.15) is 0 Å². The lowest BCUT2D eigenvalue weighted by Crippen LogP contribution is -2.34. The molecule has 0 aliphatic carbocycles. The van der Waals surface area contributed by atoms with Crippen LogP contribution in [0.25, 0.3) is 27.5 Å². The average molecular weight is 446 g/mol. The summed E-state index contributed by atoms with van der Waals surface area (Å²) in [6.45, 7) is 4.16. The molecule has 32 heavy (non-hydrogen) atoms. The van der Waals surface area contributed by atoms with Crippen molar-refractivity contribution < 1.29 is 9.90 Å². The van der Waals surface area contributed by atoms with Crippen LogP contribution in [-0.2, 0) is 6.54 Å². The third-order valence-electron chi connectivity index (χ3n) is 5.62. The molecular weight excluding hydrogens is 426 g/mol. The summed E-state index contributed by atoms with van der Waals surface area (Å²) >= 11 is 1.30. The van der Waals surface area contributed by atoms with Crippen molar-refractivity contribution >= 4 is 39.1 Å².